The van der Waals surface area contributed by atoms with Crippen LogP contribution in [0.2, 0.25) is 0 Å². The molecule has 0 bridgehead atoms. The van der Waals surface area contributed by atoms with E-state index in [9.17, 15) is 0 Å². The van der Waals surface area contributed by atoms with Crippen LogP contribution < -0.4 is 16.2 Å². The minimum absolute atomic E-state index is 0.514. The van der Waals surface area contributed by atoms with Gasteiger partial charge in [-0.1, -0.05) is 0 Å². The van der Waals surface area contributed by atoms with Crippen LogP contribution >= 0.6 is 0 Å². The fourth-order valence-corrected chi connectivity index (χ4v) is 0.885. The molecule has 4 nitrogen and oxygen atoms in total. The molecule has 0 atom stereocenters. The highest BCUT2D eigenvalue weighted by Crippen LogP contribution is 2.21. The molecule has 0 saturated carbocycles. The number of ether oxygens (including phenoxy) is 2. The van der Waals surface area contributed by atoms with E-state index in [0.717, 1.165) is 0 Å². The summed E-state index contributed by atoms with van der Waals surface area (Å²) < 4.78 is 10.2. The first-order chi connectivity index (χ1) is 6.24. The Balaban J connectivity index is 2.53. The zero-order valence-electron chi connectivity index (χ0n) is 7.62. The van der Waals surface area contributed by atoms with Crippen LogP contribution in [0.3, 0.4) is 0 Å². The predicted molar refractivity (Wildman–Crippen MR) is 52.6 cm³/mol. The van der Waals surface area contributed by atoms with Crippen LogP contribution in [0.1, 0.15) is 0 Å². The molecule has 0 amide bonds. The van der Waals surface area contributed by atoms with Gasteiger partial charge in [0.25, 0.3) is 0 Å². The van der Waals surface area contributed by atoms with Gasteiger partial charge in [-0.3, -0.25) is 0 Å². The molecule has 0 aliphatic carbocycles. The van der Waals surface area contributed by atoms with E-state index in [2.05, 4.69) is 0 Å². The van der Waals surface area contributed by atoms with Gasteiger partial charge in [-0.05, 0) is 12.1 Å². The molecule has 4 N–H and O–H groups in total. The van der Waals surface area contributed by atoms with E-state index in [1.807, 2.05) is 0 Å². The van der Waals surface area contributed by atoms with Crippen molar-refractivity contribution in [1.82, 2.24) is 0 Å². The highest BCUT2D eigenvalue weighted by atomic mass is 16.5. The van der Waals surface area contributed by atoms with Gasteiger partial charge in [0.1, 0.15) is 12.4 Å². The molecule has 1 rings (SSSR count). The molecule has 0 radical (unpaired) electrons. The van der Waals surface area contributed by atoms with Crippen molar-refractivity contribution < 1.29 is 9.47 Å². The lowest BCUT2D eigenvalue weighted by Crippen LogP contribution is -2.04. The minimum atomic E-state index is 0.514. The second-order valence-corrected chi connectivity index (χ2v) is 2.63. The highest BCUT2D eigenvalue weighted by molar-refractivity contribution is 5.65. The summed E-state index contributed by atoms with van der Waals surface area (Å²) >= 11 is 0. The Bertz CT molecular complexity index is 276. The maximum Gasteiger partial charge on any atom is 0.121 e. The largest absolute Gasteiger partial charge is 0.491 e. The Morgan fingerprint density at radius 1 is 1.15 bits per heavy atom. The van der Waals surface area contributed by atoms with Crippen LogP contribution in [0.4, 0.5) is 11.4 Å². The van der Waals surface area contributed by atoms with Crippen LogP contribution in [-0.4, -0.2) is 20.3 Å². The standard InChI is InChI=1S/C9H14N2O2/c1-12-4-5-13-7-2-3-8(10)9(11)6-7/h2-3,6H,4-5,10-11H2,1H3. The maximum atomic E-state index is 5.59. The number of hydrogen-bond acceptors (Lipinski definition) is 4. The quantitative estimate of drug-likeness (QED) is 0.535. The third-order valence-electron chi connectivity index (χ3n) is 1.61. The van der Waals surface area contributed by atoms with Crippen molar-refractivity contribution in [3.63, 3.8) is 0 Å². The molecule has 1 aromatic rings. The van der Waals surface area contributed by atoms with E-state index >= 15 is 0 Å². The lowest BCUT2D eigenvalue weighted by atomic mass is 10.2. The molecule has 0 aliphatic heterocycles. The van der Waals surface area contributed by atoms with Crippen molar-refractivity contribution in [1.29, 1.82) is 0 Å². The van der Waals surface area contributed by atoms with Gasteiger partial charge in [0.05, 0.1) is 18.0 Å². The summed E-state index contributed by atoms with van der Waals surface area (Å²) in [7, 11) is 1.63. The second kappa shape index (κ2) is 4.57. The topological polar surface area (TPSA) is 70.5 Å². The summed E-state index contributed by atoms with van der Waals surface area (Å²) in [5, 5.41) is 0. The molecule has 0 heterocycles. The normalized spacial score (nSPS) is 9.92. The SMILES string of the molecule is COCCOc1ccc(N)c(N)c1. The number of methoxy groups -OCH3 is 1. The summed E-state index contributed by atoms with van der Waals surface area (Å²) in [5.74, 6) is 0.712. The molecule has 13 heavy (non-hydrogen) atoms. The van der Waals surface area contributed by atoms with Crippen LogP contribution in [-0.2, 0) is 4.74 Å². The Labute approximate surface area is 77.4 Å². The van der Waals surface area contributed by atoms with E-state index in [4.69, 9.17) is 20.9 Å². The average molecular weight is 182 g/mol. The summed E-state index contributed by atoms with van der Waals surface area (Å²) in [4.78, 5) is 0. The summed E-state index contributed by atoms with van der Waals surface area (Å²) in [6.45, 7) is 1.07. The van der Waals surface area contributed by atoms with Gasteiger partial charge >= 0.3 is 0 Å². The van der Waals surface area contributed by atoms with Crippen molar-refractivity contribution in [2.24, 2.45) is 0 Å². The van der Waals surface area contributed by atoms with Crippen LogP contribution in [0, 0.1) is 0 Å². The van der Waals surface area contributed by atoms with E-state index in [-0.39, 0.29) is 0 Å². The molecule has 0 unspecified atom stereocenters. The minimum Gasteiger partial charge on any atom is -0.491 e. The van der Waals surface area contributed by atoms with Crippen molar-refractivity contribution in [2.75, 3.05) is 31.8 Å². The third kappa shape index (κ3) is 2.83. The van der Waals surface area contributed by atoms with Gasteiger partial charge in [-0.25, -0.2) is 0 Å². The molecule has 72 valence electrons. The van der Waals surface area contributed by atoms with Crippen molar-refractivity contribution in [3.8, 4) is 5.75 Å². The number of benzene rings is 1. The van der Waals surface area contributed by atoms with E-state index in [1.54, 1.807) is 25.3 Å². The number of nitrogen functional groups attached to an aromatic ring is 2. The highest BCUT2D eigenvalue weighted by Gasteiger charge is 1.97. The zero-order chi connectivity index (χ0) is 9.68. The lowest BCUT2D eigenvalue weighted by molar-refractivity contribution is 0.146. The van der Waals surface area contributed by atoms with Gasteiger partial charge in [0.2, 0.25) is 0 Å². The Hall–Kier alpha value is -1.42. The van der Waals surface area contributed by atoms with E-state index in [1.165, 1.54) is 0 Å². The zero-order valence-corrected chi connectivity index (χ0v) is 7.62. The van der Waals surface area contributed by atoms with Crippen LogP contribution in [0.25, 0.3) is 0 Å². The van der Waals surface area contributed by atoms with Gasteiger partial charge in [-0.2, -0.15) is 0 Å². The molecular weight excluding hydrogens is 168 g/mol. The molecule has 0 spiro atoms. The molecule has 0 saturated heterocycles. The first kappa shape index (κ1) is 9.67. The molecule has 0 fully saturated rings. The smallest absolute Gasteiger partial charge is 0.121 e. The first-order valence-electron chi connectivity index (χ1n) is 4.01. The van der Waals surface area contributed by atoms with Crippen molar-refractivity contribution in [2.45, 2.75) is 0 Å². The third-order valence-corrected chi connectivity index (χ3v) is 1.61. The van der Waals surface area contributed by atoms with Crippen molar-refractivity contribution in [3.05, 3.63) is 18.2 Å². The van der Waals surface area contributed by atoms with Gasteiger partial charge in [0, 0.05) is 13.2 Å². The second-order valence-electron chi connectivity index (χ2n) is 2.63. The predicted octanol–water partition coefficient (Wildman–Crippen LogP) is 0.876. The Morgan fingerprint density at radius 2 is 1.92 bits per heavy atom. The molecule has 0 aromatic heterocycles. The Kier molecular flexibility index (Phi) is 3.40. The van der Waals surface area contributed by atoms with Crippen LogP contribution in [0.5, 0.6) is 5.75 Å². The average Bonchev–Trinajstić information content (AvgIpc) is 2.12. The molecule has 1 aromatic carbocycles. The Morgan fingerprint density at radius 3 is 2.54 bits per heavy atom. The molecular formula is C9H14N2O2. The van der Waals surface area contributed by atoms with E-state index in [0.29, 0.717) is 30.3 Å². The first-order valence-corrected chi connectivity index (χ1v) is 4.01. The number of nitrogens with two attached hydrogens (primary N) is 2. The number of hydrogen-bond donors (Lipinski definition) is 2. The van der Waals surface area contributed by atoms with E-state index < -0.39 is 0 Å². The number of rotatable bonds is 4. The molecule has 0 aliphatic rings. The fraction of sp³-hybridized carbons (Fsp3) is 0.333. The van der Waals surface area contributed by atoms with Crippen LogP contribution in [0.15, 0.2) is 18.2 Å². The van der Waals surface area contributed by atoms with Gasteiger partial charge in [-0.15, -0.1) is 0 Å². The summed E-state index contributed by atoms with van der Waals surface area (Å²) in [5.41, 5.74) is 12.2. The summed E-state index contributed by atoms with van der Waals surface area (Å²) in [6, 6.07) is 5.20. The maximum absolute atomic E-state index is 5.59. The fourth-order valence-electron chi connectivity index (χ4n) is 0.885. The van der Waals surface area contributed by atoms with Crippen molar-refractivity contribution >= 4 is 11.4 Å². The van der Waals surface area contributed by atoms with Gasteiger partial charge in [0.15, 0.2) is 0 Å². The monoisotopic (exact) mass is 182 g/mol. The number of anilines is 2. The summed E-state index contributed by atoms with van der Waals surface area (Å²) in [6.07, 6.45) is 0. The molecule has 4 heteroatoms. The lowest BCUT2D eigenvalue weighted by Gasteiger charge is -2.06. The van der Waals surface area contributed by atoms with Gasteiger partial charge < -0.3 is 20.9 Å².